The molecule has 208 valence electrons. The highest BCUT2D eigenvalue weighted by molar-refractivity contribution is 7.88. The minimum atomic E-state index is -3.59. The van der Waals surface area contributed by atoms with E-state index in [1.807, 2.05) is 10.8 Å². The Hall–Kier alpha value is -2.97. The number of hydrogen-bond donors (Lipinski definition) is 6. The van der Waals surface area contributed by atoms with Crippen LogP contribution in [0.2, 0.25) is 0 Å². The van der Waals surface area contributed by atoms with Gasteiger partial charge in [-0.25, -0.2) is 27.7 Å². The van der Waals surface area contributed by atoms with Crippen molar-refractivity contribution in [1.82, 2.24) is 25.2 Å². The molecule has 0 radical (unpaired) electrons. The Kier molecular flexibility index (Phi) is 12.5. The summed E-state index contributed by atoms with van der Waals surface area (Å²) in [7, 11) is -3.59. The Morgan fingerprint density at radius 3 is 2.65 bits per heavy atom. The molecule has 6 N–H and O–H groups in total. The van der Waals surface area contributed by atoms with Crippen LogP contribution < -0.4 is 20.7 Å². The van der Waals surface area contributed by atoms with Gasteiger partial charge < -0.3 is 31.1 Å². The van der Waals surface area contributed by atoms with Crippen molar-refractivity contribution >= 4 is 33.7 Å². The molecule has 1 aliphatic heterocycles. The number of pyridine rings is 1. The monoisotopic (exact) mass is 542 g/mol. The third-order valence-corrected chi connectivity index (χ3v) is 6.43. The van der Waals surface area contributed by atoms with Gasteiger partial charge in [-0.3, -0.25) is 4.79 Å². The maximum absolute atomic E-state index is 12.7. The van der Waals surface area contributed by atoms with Gasteiger partial charge >= 0.3 is 12.0 Å². The van der Waals surface area contributed by atoms with Crippen molar-refractivity contribution in [1.29, 1.82) is 0 Å². The lowest BCUT2D eigenvalue weighted by atomic mass is 10.1. The number of carbonyl (C=O) groups is 3. The van der Waals surface area contributed by atoms with Gasteiger partial charge in [-0.15, -0.1) is 0 Å². The summed E-state index contributed by atoms with van der Waals surface area (Å²) in [6, 6.07) is 2.56. The van der Waals surface area contributed by atoms with Crippen LogP contribution in [-0.2, 0) is 32.5 Å². The molecule has 0 aromatic carbocycles. The van der Waals surface area contributed by atoms with Gasteiger partial charge in [0, 0.05) is 38.5 Å². The van der Waals surface area contributed by atoms with Gasteiger partial charge in [0.25, 0.3) is 0 Å². The minimum Gasteiger partial charge on any atom is -0.480 e. The molecule has 0 bridgehead atoms. The first-order chi connectivity index (χ1) is 17.6. The number of anilines is 1. The van der Waals surface area contributed by atoms with Crippen molar-refractivity contribution < 1.29 is 33.0 Å². The fourth-order valence-electron chi connectivity index (χ4n) is 3.85. The summed E-state index contributed by atoms with van der Waals surface area (Å²) in [4.78, 5) is 42.2. The molecule has 0 spiro atoms. The molecule has 0 saturated carbocycles. The maximum atomic E-state index is 12.7. The first-order valence-electron chi connectivity index (χ1n) is 12.4. The lowest BCUT2D eigenvalue weighted by Crippen LogP contribution is -2.46. The van der Waals surface area contributed by atoms with Crippen LogP contribution in [0.4, 0.5) is 10.6 Å². The summed E-state index contributed by atoms with van der Waals surface area (Å²) in [5.41, 5.74) is 2.17. The molecule has 37 heavy (non-hydrogen) atoms. The maximum Gasteiger partial charge on any atom is 0.326 e. The molecule has 1 aliphatic rings. The number of aliphatic carboxylic acids is 1. The summed E-state index contributed by atoms with van der Waals surface area (Å²) in [5, 5.41) is 27.0. The predicted octanol–water partition coefficient (Wildman–Crippen LogP) is -0.335. The Labute approximate surface area is 217 Å². The number of urea groups is 1. The molecule has 0 saturated heterocycles. The highest BCUT2D eigenvalue weighted by atomic mass is 32.2. The van der Waals surface area contributed by atoms with Crippen LogP contribution in [0, 0.1) is 0 Å². The zero-order valence-electron chi connectivity index (χ0n) is 21.2. The van der Waals surface area contributed by atoms with Crippen molar-refractivity contribution in [3.8, 4) is 0 Å². The van der Waals surface area contributed by atoms with Crippen LogP contribution in [0.3, 0.4) is 0 Å². The van der Waals surface area contributed by atoms with E-state index in [4.69, 9.17) is 0 Å². The Bertz CT molecular complexity index is 1020. The normalized spacial score (nSPS) is 13.7. The number of aryl methyl sites for hydroxylation is 2. The highest BCUT2D eigenvalue weighted by Crippen LogP contribution is 2.20. The number of aliphatic hydroxyl groups is 1. The fraction of sp³-hybridized carbons (Fsp3) is 0.652. The number of carboxylic acids is 1. The summed E-state index contributed by atoms with van der Waals surface area (Å²) in [5.74, 6) is -1.09. The second kappa shape index (κ2) is 15.3. The van der Waals surface area contributed by atoms with Crippen molar-refractivity contribution in [3.05, 3.63) is 23.4 Å². The third-order valence-electron chi connectivity index (χ3n) is 5.76. The Balaban J connectivity index is 1.77. The van der Waals surface area contributed by atoms with Crippen molar-refractivity contribution in [2.24, 2.45) is 0 Å². The Morgan fingerprint density at radius 1 is 1.19 bits per heavy atom. The zero-order chi connectivity index (χ0) is 27.3. The van der Waals surface area contributed by atoms with Gasteiger partial charge in [0.2, 0.25) is 15.9 Å². The van der Waals surface area contributed by atoms with Crippen LogP contribution >= 0.6 is 0 Å². The first kappa shape index (κ1) is 30.3. The quantitative estimate of drug-likeness (QED) is 0.152. The molecule has 3 amide bonds. The SMILES string of the molecule is CS(=O)(=O)NCC(=O)NC(CCCN(CCCO)C(=O)NCCCc1ccc2c(n1)NCCC2)C(=O)O. The van der Waals surface area contributed by atoms with E-state index in [1.54, 1.807) is 0 Å². The molecule has 1 aromatic heterocycles. The Morgan fingerprint density at radius 2 is 1.95 bits per heavy atom. The molecule has 1 unspecified atom stereocenters. The highest BCUT2D eigenvalue weighted by Gasteiger charge is 2.21. The molecule has 2 heterocycles. The number of nitrogens with one attached hydrogen (secondary N) is 4. The van der Waals surface area contributed by atoms with E-state index in [2.05, 4.69) is 27.0 Å². The smallest absolute Gasteiger partial charge is 0.326 e. The van der Waals surface area contributed by atoms with Gasteiger partial charge in [0.15, 0.2) is 0 Å². The molecule has 1 atom stereocenters. The van der Waals surface area contributed by atoms with Gasteiger partial charge in [-0.1, -0.05) is 6.07 Å². The molecule has 2 rings (SSSR count). The lowest BCUT2D eigenvalue weighted by Gasteiger charge is -2.24. The number of aromatic nitrogens is 1. The van der Waals surface area contributed by atoms with Crippen LogP contribution in [-0.4, -0.2) is 98.1 Å². The summed E-state index contributed by atoms with van der Waals surface area (Å²) < 4.78 is 24.2. The number of carboxylic acid groups (broad SMARTS) is 1. The number of sulfonamides is 1. The van der Waals surface area contributed by atoms with Crippen molar-refractivity contribution in [2.75, 3.05) is 50.9 Å². The second-order valence-electron chi connectivity index (χ2n) is 8.93. The van der Waals surface area contributed by atoms with E-state index in [-0.39, 0.29) is 32.0 Å². The van der Waals surface area contributed by atoms with E-state index < -0.39 is 34.5 Å². The van der Waals surface area contributed by atoms with Crippen molar-refractivity contribution in [3.63, 3.8) is 0 Å². The molecule has 13 nitrogen and oxygen atoms in total. The second-order valence-corrected chi connectivity index (χ2v) is 10.8. The molecular weight excluding hydrogens is 504 g/mol. The predicted molar refractivity (Wildman–Crippen MR) is 138 cm³/mol. The third kappa shape index (κ3) is 11.7. The number of aliphatic hydroxyl groups excluding tert-OH is 1. The van der Waals surface area contributed by atoms with E-state index in [9.17, 15) is 33.0 Å². The summed E-state index contributed by atoms with van der Waals surface area (Å²) in [6.07, 6.45) is 5.11. The van der Waals surface area contributed by atoms with Crippen LogP contribution in [0.25, 0.3) is 0 Å². The fourth-order valence-corrected chi connectivity index (χ4v) is 4.24. The zero-order valence-corrected chi connectivity index (χ0v) is 22.0. The van der Waals surface area contributed by atoms with Crippen molar-refractivity contribution in [2.45, 2.75) is 51.0 Å². The molecule has 0 aliphatic carbocycles. The molecular formula is C23H38N6O7S. The average Bonchev–Trinajstić information content (AvgIpc) is 2.85. The topological polar surface area (TPSA) is 190 Å². The van der Waals surface area contributed by atoms with Crippen LogP contribution in [0.15, 0.2) is 12.1 Å². The van der Waals surface area contributed by atoms with Crippen LogP contribution in [0.5, 0.6) is 0 Å². The van der Waals surface area contributed by atoms with E-state index in [1.165, 1.54) is 10.5 Å². The summed E-state index contributed by atoms with van der Waals surface area (Å²) >= 11 is 0. The van der Waals surface area contributed by atoms with Crippen LogP contribution in [0.1, 0.15) is 43.4 Å². The number of carbonyl (C=O) groups excluding carboxylic acids is 2. The number of fused-ring (bicyclic) bond motifs is 1. The summed E-state index contributed by atoms with van der Waals surface area (Å²) in [6.45, 7) is 1.22. The minimum absolute atomic E-state index is 0.0425. The molecule has 0 fully saturated rings. The van der Waals surface area contributed by atoms with E-state index in [0.29, 0.717) is 32.4 Å². The van der Waals surface area contributed by atoms with Gasteiger partial charge in [-0.05, 0) is 56.6 Å². The number of hydrogen-bond acceptors (Lipinski definition) is 8. The number of rotatable bonds is 16. The largest absolute Gasteiger partial charge is 0.480 e. The lowest BCUT2D eigenvalue weighted by molar-refractivity contribution is -0.141. The van der Waals surface area contributed by atoms with Gasteiger partial charge in [0.05, 0.1) is 12.8 Å². The van der Waals surface area contributed by atoms with E-state index >= 15 is 0 Å². The standard InChI is InChI=1S/C23H38N6O7S/c1-37(35,36)26-16-20(31)28-19(22(32)33)8-4-13-29(14-5-15-30)23(34)25-12-3-7-18-10-9-17-6-2-11-24-21(17)27-18/h9-10,19,26,30H,2-8,11-16H2,1H3,(H,24,27)(H,25,34)(H,28,31)(H,32,33). The average molecular weight is 543 g/mol. The molecule has 14 heteroatoms. The van der Waals surface area contributed by atoms with Gasteiger partial charge in [0.1, 0.15) is 11.9 Å². The van der Waals surface area contributed by atoms with Gasteiger partial charge in [-0.2, -0.15) is 0 Å². The molecule has 1 aromatic rings. The number of nitrogens with zero attached hydrogens (tertiary/aromatic N) is 2. The first-order valence-corrected chi connectivity index (χ1v) is 14.3. The number of amides is 3. The van der Waals surface area contributed by atoms with E-state index in [0.717, 1.165) is 37.2 Å².